The van der Waals surface area contributed by atoms with Crippen LogP contribution in [0.1, 0.15) is 6.92 Å². The van der Waals surface area contributed by atoms with Crippen molar-refractivity contribution >= 4 is 0 Å². The second-order valence-electron chi connectivity index (χ2n) is 2.49. The molecule has 2 rings (SSSR count). The Morgan fingerprint density at radius 3 is 2.92 bits per heavy atom. The van der Waals surface area contributed by atoms with Crippen molar-refractivity contribution in [3.05, 3.63) is 24.9 Å². The molecule has 0 aromatic carbocycles. The van der Waals surface area contributed by atoms with Gasteiger partial charge in [-0.15, -0.1) is 0 Å². The molecule has 0 unspecified atom stereocenters. The number of hydrogen-bond acceptors (Lipinski definition) is 4. The van der Waals surface area contributed by atoms with E-state index in [2.05, 4.69) is 20.1 Å². The van der Waals surface area contributed by atoms with Gasteiger partial charge in [-0.3, -0.25) is 4.98 Å². The van der Waals surface area contributed by atoms with Crippen LogP contribution in [0.25, 0.3) is 11.5 Å². The van der Waals surface area contributed by atoms with Gasteiger partial charge in [-0.2, -0.15) is 5.10 Å². The average molecular weight is 175 g/mol. The molecule has 0 aliphatic carbocycles. The summed E-state index contributed by atoms with van der Waals surface area (Å²) >= 11 is 0. The van der Waals surface area contributed by atoms with E-state index < -0.39 is 0 Å². The van der Waals surface area contributed by atoms with E-state index >= 15 is 0 Å². The molecule has 0 aliphatic heterocycles. The van der Waals surface area contributed by atoms with Crippen LogP contribution < -0.4 is 0 Å². The van der Waals surface area contributed by atoms with Crippen LogP contribution in [0.3, 0.4) is 0 Å². The van der Waals surface area contributed by atoms with Crippen molar-refractivity contribution in [2.75, 3.05) is 0 Å². The maximum absolute atomic E-state index is 4.14. The third kappa shape index (κ3) is 1.40. The summed E-state index contributed by atoms with van der Waals surface area (Å²) < 4.78 is 1.78. The normalized spacial score (nSPS) is 10.2. The highest BCUT2D eigenvalue weighted by atomic mass is 15.3. The van der Waals surface area contributed by atoms with Crippen LogP contribution in [0.15, 0.2) is 24.9 Å². The summed E-state index contributed by atoms with van der Waals surface area (Å²) in [5.74, 6) is 0.760. The maximum Gasteiger partial charge on any atom is 0.178 e. The van der Waals surface area contributed by atoms with Crippen LogP contribution in [-0.2, 0) is 6.54 Å². The fourth-order valence-electron chi connectivity index (χ4n) is 1.11. The molecular formula is C8H9N5. The Morgan fingerprint density at radius 2 is 2.23 bits per heavy atom. The van der Waals surface area contributed by atoms with E-state index in [9.17, 15) is 0 Å². The average Bonchev–Trinajstić information content (AvgIpc) is 2.67. The minimum atomic E-state index is 0.752. The number of aromatic nitrogens is 5. The number of rotatable bonds is 2. The summed E-state index contributed by atoms with van der Waals surface area (Å²) in [5, 5.41) is 4.05. The van der Waals surface area contributed by atoms with Gasteiger partial charge < -0.3 is 0 Å². The first-order chi connectivity index (χ1) is 6.42. The summed E-state index contributed by atoms with van der Waals surface area (Å²) in [6.45, 7) is 2.79. The first kappa shape index (κ1) is 7.85. The summed E-state index contributed by atoms with van der Waals surface area (Å²) in [6.07, 6.45) is 6.48. The lowest BCUT2D eigenvalue weighted by Crippen LogP contribution is -2.00. The summed E-state index contributed by atoms with van der Waals surface area (Å²) in [7, 11) is 0. The third-order valence-electron chi connectivity index (χ3n) is 1.71. The van der Waals surface area contributed by atoms with Crippen molar-refractivity contribution < 1.29 is 0 Å². The summed E-state index contributed by atoms with van der Waals surface area (Å²) in [4.78, 5) is 12.2. The van der Waals surface area contributed by atoms with E-state index in [1.54, 1.807) is 23.3 Å². The van der Waals surface area contributed by atoms with Crippen LogP contribution in [0.2, 0.25) is 0 Å². The molecule has 5 heteroatoms. The smallest absolute Gasteiger partial charge is 0.178 e. The minimum absolute atomic E-state index is 0.752. The van der Waals surface area contributed by atoms with Crippen molar-refractivity contribution in [3.8, 4) is 11.5 Å². The van der Waals surface area contributed by atoms with Gasteiger partial charge in [-0.25, -0.2) is 14.6 Å². The van der Waals surface area contributed by atoms with Gasteiger partial charge >= 0.3 is 0 Å². The summed E-state index contributed by atoms with van der Waals surface area (Å²) in [6, 6.07) is 0. The van der Waals surface area contributed by atoms with Gasteiger partial charge in [-0.05, 0) is 6.92 Å². The molecule has 0 aliphatic rings. The molecule has 66 valence electrons. The Kier molecular flexibility index (Phi) is 1.99. The molecule has 13 heavy (non-hydrogen) atoms. The predicted molar refractivity (Wildman–Crippen MR) is 46.7 cm³/mol. The first-order valence-corrected chi connectivity index (χ1v) is 4.06. The van der Waals surface area contributed by atoms with Gasteiger partial charge in [-0.1, -0.05) is 0 Å². The Balaban J connectivity index is 2.47. The zero-order valence-corrected chi connectivity index (χ0v) is 7.25. The van der Waals surface area contributed by atoms with Crippen molar-refractivity contribution in [1.29, 1.82) is 0 Å². The highest BCUT2D eigenvalue weighted by molar-refractivity contribution is 5.46. The van der Waals surface area contributed by atoms with E-state index in [1.807, 2.05) is 6.92 Å². The Hall–Kier alpha value is -1.78. The molecule has 2 aromatic rings. The van der Waals surface area contributed by atoms with Crippen molar-refractivity contribution in [2.24, 2.45) is 0 Å². The van der Waals surface area contributed by atoms with Crippen LogP contribution in [-0.4, -0.2) is 24.7 Å². The molecule has 0 N–H and O–H groups in total. The Labute approximate surface area is 75.5 Å². The van der Waals surface area contributed by atoms with Gasteiger partial charge in [0.1, 0.15) is 12.0 Å². The highest BCUT2D eigenvalue weighted by Crippen LogP contribution is 2.10. The number of hydrogen-bond donors (Lipinski definition) is 0. The molecule has 2 aromatic heterocycles. The van der Waals surface area contributed by atoms with Gasteiger partial charge in [0.25, 0.3) is 0 Å². The standard InChI is InChI=1S/C8H9N5/c1-2-13-8(11-6-12-13)7-5-9-3-4-10-7/h3-6H,2H2,1H3. The predicted octanol–water partition coefficient (Wildman–Crippen LogP) is 0.755. The van der Waals surface area contributed by atoms with Crippen LogP contribution in [0.4, 0.5) is 0 Å². The minimum Gasteiger partial charge on any atom is -0.261 e. The van der Waals surface area contributed by atoms with E-state index in [0.717, 1.165) is 18.1 Å². The molecule has 0 fully saturated rings. The second-order valence-corrected chi connectivity index (χ2v) is 2.49. The molecule has 2 heterocycles. The Bertz CT molecular complexity index is 380. The van der Waals surface area contributed by atoms with Gasteiger partial charge in [0.2, 0.25) is 0 Å². The molecule has 0 radical (unpaired) electrons. The second kappa shape index (κ2) is 3.30. The fourth-order valence-corrected chi connectivity index (χ4v) is 1.11. The van der Waals surface area contributed by atoms with Crippen LogP contribution in [0, 0.1) is 0 Å². The van der Waals surface area contributed by atoms with E-state index in [4.69, 9.17) is 0 Å². The Morgan fingerprint density at radius 1 is 1.31 bits per heavy atom. The lowest BCUT2D eigenvalue weighted by molar-refractivity contribution is 0.664. The molecule has 5 nitrogen and oxygen atoms in total. The lowest BCUT2D eigenvalue weighted by Gasteiger charge is -1.99. The number of nitrogens with zero attached hydrogens (tertiary/aromatic N) is 5. The zero-order valence-electron chi connectivity index (χ0n) is 7.25. The van der Waals surface area contributed by atoms with Crippen LogP contribution >= 0.6 is 0 Å². The monoisotopic (exact) mass is 175 g/mol. The van der Waals surface area contributed by atoms with Crippen LogP contribution in [0.5, 0.6) is 0 Å². The largest absolute Gasteiger partial charge is 0.261 e. The molecule has 0 spiro atoms. The molecule has 0 bridgehead atoms. The molecule has 0 saturated heterocycles. The summed E-state index contributed by atoms with van der Waals surface area (Å²) in [5.41, 5.74) is 0.752. The maximum atomic E-state index is 4.14. The molecule has 0 amide bonds. The quantitative estimate of drug-likeness (QED) is 0.676. The van der Waals surface area contributed by atoms with E-state index in [0.29, 0.717) is 0 Å². The topological polar surface area (TPSA) is 56.5 Å². The molecule has 0 saturated carbocycles. The zero-order chi connectivity index (χ0) is 9.10. The first-order valence-electron chi connectivity index (χ1n) is 4.06. The van der Waals surface area contributed by atoms with Gasteiger partial charge in [0.15, 0.2) is 5.82 Å². The lowest BCUT2D eigenvalue weighted by atomic mass is 10.4. The highest BCUT2D eigenvalue weighted by Gasteiger charge is 2.05. The number of aryl methyl sites for hydroxylation is 1. The third-order valence-corrected chi connectivity index (χ3v) is 1.71. The fraction of sp³-hybridized carbons (Fsp3) is 0.250. The van der Waals surface area contributed by atoms with E-state index in [1.165, 1.54) is 6.33 Å². The van der Waals surface area contributed by atoms with Crippen molar-refractivity contribution in [2.45, 2.75) is 13.5 Å². The van der Waals surface area contributed by atoms with Crippen molar-refractivity contribution in [3.63, 3.8) is 0 Å². The molecule has 0 atom stereocenters. The molecular weight excluding hydrogens is 166 g/mol. The van der Waals surface area contributed by atoms with Crippen molar-refractivity contribution in [1.82, 2.24) is 24.7 Å². The van der Waals surface area contributed by atoms with E-state index in [-0.39, 0.29) is 0 Å². The SMILES string of the molecule is CCn1ncnc1-c1cnccn1. The van der Waals surface area contributed by atoms with Gasteiger partial charge in [0.05, 0.1) is 6.20 Å². The van der Waals surface area contributed by atoms with Gasteiger partial charge in [0, 0.05) is 18.9 Å².